The van der Waals surface area contributed by atoms with Gasteiger partial charge in [-0.1, -0.05) is 0 Å². The summed E-state index contributed by atoms with van der Waals surface area (Å²) in [5.74, 6) is -1.37. The molecule has 2 aliphatic heterocycles. The van der Waals surface area contributed by atoms with Crippen LogP contribution >= 0.6 is 0 Å². The van der Waals surface area contributed by atoms with Crippen molar-refractivity contribution in [3.8, 4) is 0 Å². The molecule has 0 aromatic heterocycles. The van der Waals surface area contributed by atoms with Crippen molar-refractivity contribution < 1.29 is 24.2 Å². The minimum absolute atomic E-state index is 0.00221. The Bertz CT molecular complexity index is 469. The molecule has 3 aliphatic rings. The van der Waals surface area contributed by atoms with Gasteiger partial charge in [-0.25, -0.2) is 0 Å². The van der Waals surface area contributed by atoms with E-state index in [0.29, 0.717) is 25.7 Å². The van der Waals surface area contributed by atoms with Gasteiger partial charge in [0.25, 0.3) is 5.91 Å². The molecule has 2 saturated heterocycles. The Labute approximate surface area is 129 Å². The van der Waals surface area contributed by atoms with Crippen molar-refractivity contribution in [1.82, 2.24) is 10.2 Å². The zero-order valence-corrected chi connectivity index (χ0v) is 12.5. The number of rotatable bonds is 4. The van der Waals surface area contributed by atoms with Gasteiger partial charge in [0.2, 0.25) is 5.91 Å². The maximum absolute atomic E-state index is 12.2. The third-order valence-electron chi connectivity index (χ3n) is 4.84. The highest BCUT2D eigenvalue weighted by molar-refractivity contribution is 5.85. The van der Waals surface area contributed by atoms with Gasteiger partial charge in [-0.15, -0.1) is 0 Å². The summed E-state index contributed by atoms with van der Waals surface area (Å²) in [5, 5.41) is 11.6. The van der Waals surface area contributed by atoms with Crippen molar-refractivity contribution in [1.29, 1.82) is 0 Å². The maximum atomic E-state index is 12.2. The molecule has 2 amide bonds. The van der Waals surface area contributed by atoms with E-state index in [2.05, 4.69) is 5.32 Å². The lowest BCUT2D eigenvalue weighted by molar-refractivity contribution is -0.149. The summed E-state index contributed by atoms with van der Waals surface area (Å²) < 4.78 is 5.62. The van der Waals surface area contributed by atoms with Crippen LogP contribution in [-0.4, -0.2) is 59.1 Å². The van der Waals surface area contributed by atoms with Gasteiger partial charge in [0.05, 0.1) is 5.92 Å². The Morgan fingerprint density at radius 2 is 1.68 bits per heavy atom. The van der Waals surface area contributed by atoms with Crippen LogP contribution in [0.5, 0.6) is 0 Å². The minimum atomic E-state index is -0.807. The second kappa shape index (κ2) is 6.24. The van der Waals surface area contributed by atoms with Crippen LogP contribution < -0.4 is 5.32 Å². The molecule has 1 saturated carbocycles. The Kier molecular flexibility index (Phi) is 4.33. The van der Waals surface area contributed by atoms with Crippen molar-refractivity contribution in [3.05, 3.63) is 0 Å². The predicted octanol–water partition coefficient (Wildman–Crippen LogP) is 0.136. The molecule has 7 nitrogen and oxygen atoms in total. The zero-order chi connectivity index (χ0) is 15.7. The van der Waals surface area contributed by atoms with Gasteiger partial charge >= 0.3 is 5.97 Å². The quantitative estimate of drug-likeness (QED) is 0.770. The van der Waals surface area contributed by atoms with Crippen LogP contribution in [0.1, 0.15) is 38.5 Å². The second-order valence-electron chi connectivity index (χ2n) is 6.44. The summed E-state index contributed by atoms with van der Waals surface area (Å²) in [6, 6.07) is -0.0782. The van der Waals surface area contributed by atoms with Crippen molar-refractivity contribution in [2.24, 2.45) is 5.92 Å². The molecular formula is C15H22N2O5. The number of carbonyl (C=O) groups excluding carboxylic acids is 2. The second-order valence-corrected chi connectivity index (χ2v) is 6.44. The smallest absolute Gasteiger partial charge is 0.306 e. The first-order valence-electron chi connectivity index (χ1n) is 8.02. The highest BCUT2D eigenvalue weighted by Gasteiger charge is 2.40. The summed E-state index contributed by atoms with van der Waals surface area (Å²) in [5.41, 5.74) is 0. The number of amides is 2. The SMILES string of the molecule is O=C(O)C1CC(NC(=O)[C@@H]2CC[C@H](C(=O)N3CCCC3)O2)C1. The van der Waals surface area contributed by atoms with E-state index in [0.717, 1.165) is 25.9 Å². The Hall–Kier alpha value is -1.63. The molecule has 1 aliphatic carbocycles. The van der Waals surface area contributed by atoms with Gasteiger partial charge in [-0.2, -0.15) is 0 Å². The van der Waals surface area contributed by atoms with Gasteiger partial charge in [0.15, 0.2) is 0 Å². The third-order valence-corrected chi connectivity index (χ3v) is 4.84. The van der Waals surface area contributed by atoms with E-state index in [1.807, 2.05) is 4.90 Å². The largest absolute Gasteiger partial charge is 0.481 e. The molecule has 122 valence electrons. The zero-order valence-electron chi connectivity index (χ0n) is 12.5. The van der Waals surface area contributed by atoms with Gasteiger partial charge in [-0.05, 0) is 38.5 Å². The van der Waals surface area contributed by atoms with Crippen molar-refractivity contribution in [3.63, 3.8) is 0 Å². The normalized spacial score (nSPS) is 34.3. The highest BCUT2D eigenvalue weighted by atomic mass is 16.5. The van der Waals surface area contributed by atoms with E-state index in [1.165, 1.54) is 0 Å². The lowest BCUT2D eigenvalue weighted by atomic mass is 9.80. The fraction of sp³-hybridized carbons (Fsp3) is 0.800. The standard InChI is InChI=1S/C15H22N2O5/c18-13(16-10-7-9(8-10)15(20)21)11-3-4-12(22-11)14(19)17-5-1-2-6-17/h9-12H,1-8H2,(H,16,18)(H,20,21)/t9?,10?,11-,12+/m0/s1. The van der Waals surface area contributed by atoms with Crippen LogP contribution in [-0.2, 0) is 19.1 Å². The molecule has 0 aromatic rings. The summed E-state index contributed by atoms with van der Waals surface area (Å²) in [6.45, 7) is 1.57. The van der Waals surface area contributed by atoms with E-state index in [9.17, 15) is 14.4 Å². The molecule has 0 spiro atoms. The van der Waals surface area contributed by atoms with E-state index in [1.54, 1.807) is 0 Å². The monoisotopic (exact) mass is 310 g/mol. The van der Waals surface area contributed by atoms with Gasteiger partial charge < -0.3 is 20.1 Å². The highest BCUT2D eigenvalue weighted by Crippen LogP contribution is 2.29. The molecule has 0 bridgehead atoms. The Morgan fingerprint density at radius 1 is 1.05 bits per heavy atom. The van der Waals surface area contributed by atoms with Crippen molar-refractivity contribution in [2.75, 3.05) is 13.1 Å². The maximum Gasteiger partial charge on any atom is 0.306 e. The average molecular weight is 310 g/mol. The van der Waals surface area contributed by atoms with Crippen LogP contribution in [0.3, 0.4) is 0 Å². The first-order chi connectivity index (χ1) is 10.5. The number of nitrogens with one attached hydrogen (secondary N) is 1. The number of carbonyl (C=O) groups is 3. The number of carboxylic acids is 1. The summed E-state index contributed by atoms with van der Waals surface area (Å²) >= 11 is 0. The summed E-state index contributed by atoms with van der Waals surface area (Å²) in [6.07, 6.45) is 3.07. The molecule has 0 radical (unpaired) electrons. The molecule has 3 rings (SSSR count). The number of aliphatic carboxylic acids is 1. The number of hydrogen-bond donors (Lipinski definition) is 2. The molecule has 22 heavy (non-hydrogen) atoms. The molecule has 0 aromatic carbocycles. The van der Waals surface area contributed by atoms with E-state index in [-0.39, 0.29) is 23.8 Å². The molecule has 2 atom stereocenters. The minimum Gasteiger partial charge on any atom is -0.481 e. The summed E-state index contributed by atoms with van der Waals surface area (Å²) in [7, 11) is 0. The fourth-order valence-electron chi connectivity index (χ4n) is 3.38. The summed E-state index contributed by atoms with van der Waals surface area (Å²) in [4.78, 5) is 36.9. The number of carboxylic acid groups (broad SMARTS) is 1. The van der Waals surface area contributed by atoms with E-state index < -0.39 is 18.2 Å². The van der Waals surface area contributed by atoms with Crippen LogP contribution in [0.25, 0.3) is 0 Å². The molecule has 2 N–H and O–H groups in total. The molecule has 0 unspecified atom stereocenters. The van der Waals surface area contributed by atoms with Crippen molar-refractivity contribution >= 4 is 17.8 Å². The molecular weight excluding hydrogens is 288 g/mol. The lowest BCUT2D eigenvalue weighted by Crippen LogP contribution is -2.50. The lowest BCUT2D eigenvalue weighted by Gasteiger charge is -2.33. The first kappa shape index (κ1) is 15.3. The van der Waals surface area contributed by atoms with Gasteiger partial charge in [-0.3, -0.25) is 14.4 Å². The number of nitrogens with zero attached hydrogens (tertiary/aromatic N) is 1. The topological polar surface area (TPSA) is 95.9 Å². The van der Waals surface area contributed by atoms with E-state index >= 15 is 0 Å². The average Bonchev–Trinajstić information content (AvgIpc) is 3.11. The van der Waals surface area contributed by atoms with Gasteiger partial charge in [0.1, 0.15) is 12.2 Å². The number of likely N-dealkylation sites (tertiary alicyclic amines) is 1. The number of hydrogen-bond acceptors (Lipinski definition) is 4. The first-order valence-corrected chi connectivity index (χ1v) is 8.02. The fourth-order valence-corrected chi connectivity index (χ4v) is 3.38. The van der Waals surface area contributed by atoms with Crippen LogP contribution in [0, 0.1) is 5.92 Å². The van der Waals surface area contributed by atoms with Crippen molar-refractivity contribution in [2.45, 2.75) is 56.8 Å². The van der Waals surface area contributed by atoms with E-state index in [4.69, 9.17) is 9.84 Å². The van der Waals surface area contributed by atoms with Crippen LogP contribution in [0.2, 0.25) is 0 Å². The van der Waals surface area contributed by atoms with Crippen LogP contribution in [0.15, 0.2) is 0 Å². The van der Waals surface area contributed by atoms with Crippen LogP contribution in [0.4, 0.5) is 0 Å². The number of ether oxygens (including phenoxy) is 1. The predicted molar refractivity (Wildman–Crippen MR) is 76.0 cm³/mol. The Morgan fingerprint density at radius 3 is 2.32 bits per heavy atom. The van der Waals surface area contributed by atoms with Gasteiger partial charge in [0, 0.05) is 19.1 Å². The third kappa shape index (κ3) is 3.09. The molecule has 7 heteroatoms. The molecule has 3 fully saturated rings. The Balaban J connectivity index is 1.43. The molecule has 2 heterocycles.